The van der Waals surface area contributed by atoms with Crippen molar-refractivity contribution in [3.63, 3.8) is 0 Å². The molecule has 3 unspecified atom stereocenters. The van der Waals surface area contributed by atoms with Gasteiger partial charge < -0.3 is 19.9 Å². The molecule has 146 valence electrons. The van der Waals surface area contributed by atoms with Crippen molar-refractivity contribution in [2.24, 2.45) is 16.8 Å². The maximum absolute atomic E-state index is 11.9. The van der Waals surface area contributed by atoms with E-state index in [0.717, 1.165) is 45.0 Å². The lowest BCUT2D eigenvalue weighted by Gasteiger charge is -2.37. The predicted molar refractivity (Wildman–Crippen MR) is 113 cm³/mol. The molecule has 1 amide bonds. The first-order valence-electron chi connectivity index (χ1n) is 9.30. The predicted octanol–water partition coefficient (Wildman–Crippen LogP) is 2.19. The maximum atomic E-state index is 11.9. The number of nitrogens with one attached hydrogen (secondary N) is 1. The van der Waals surface area contributed by atoms with Crippen LogP contribution in [-0.4, -0.2) is 74.7 Å². The van der Waals surface area contributed by atoms with Gasteiger partial charge in [-0.2, -0.15) is 0 Å². The molecule has 2 heterocycles. The third-order valence-electron chi connectivity index (χ3n) is 4.79. The molecular weight excluding hydrogens is 431 g/mol. The van der Waals surface area contributed by atoms with E-state index in [1.165, 1.54) is 12.8 Å². The van der Waals surface area contributed by atoms with E-state index in [9.17, 15) is 4.79 Å². The highest BCUT2D eigenvalue weighted by Gasteiger charge is 2.25. The third kappa shape index (κ3) is 7.68. The number of hydrogen-bond donors (Lipinski definition) is 1. The zero-order valence-corrected chi connectivity index (χ0v) is 18.5. The Labute approximate surface area is 169 Å². The Bertz CT molecular complexity index is 429. The van der Waals surface area contributed by atoms with Crippen molar-refractivity contribution in [2.75, 3.05) is 46.9 Å². The number of likely N-dealkylation sites (tertiary alicyclic amines) is 1. The molecule has 0 aromatic heterocycles. The lowest BCUT2D eigenvalue weighted by molar-refractivity contribution is -0.127. The maximum Gasteiger partial charge on any atom is 0.243 e. The molecule has 25 heavy (non-hydrogen) atoms. The number of amides is 1. The van der Waals surface area contributed by atoms with Crippen LogP contribution in [-0.2, 0) is 9.53 Å². The fourth-order valence-corrected chi connectivity index (χ4v) is 3.56. The van der Waals surface area contributed by atoms with E-state index in [0.29, 0.717) is 11.8 Å². The number of piperidine rings is 1. The van der Waals surface area contributed by atoms with E-state index < -0.39 is 0 Å². The highest BCUT2D eigenvalue weighted by atomic mass is 127. The Kier molecular flexibility index (Phi) is 10.1. The number of aliphatic imine (C=N–C) groups is 1. The Balaban J connectivity index is 0.00000312. The summed E-state index contributed by atoms with van der Waals surface area (Å²) in [5, 5.41) is 3.47. The zero-order valence-electron chi connectivity index (χ0n) is 16.2. The van der Waals surface area contributed by atoms with Gasteiger partial charge in [0.05, 0.1) is 6.10 Å². The number of guanidine groups is 1. The Morgan fingerprint density at radius 1 is 1.24 bits per heavy atom. The Morgan fingerprint density at radius 3 is 2.48 bits per heavy atom. The quantitative estimate of drug-likeness (QED) is 0.392. The van der Waals surface area contributed by atoms with Crippen LogP contribution in [0.15, 0.2) is 4.99 Å². The molecule has 0 saturated carbocycles. The SMILES string of the molecule is CC1CC(C)CN(C(=NCC(=O)N(C)C)NCC2CCCCO2)C1.I. The van der Waals surface area contributed by atoms with Gasteiger partial charge in [0.1, 0.15) is 6.54 Å². The van der Waals surface area contributed by atoms with Gasteiger partial charge >= 0.3 is 0 Å². The standard InChI is InChI=1S/C18H34N4O2.HI/c1-14-9-15(2)13-22(12-14)18(20-11-17(23)21(3)4)19-10-16-7-5-6-8-24-16;/h14-16H,5-13H2,1-4H3,(H,19,20);1H. The van der Waals surface area contributed by atoms with E-state index in [2.05, 4.69) is 29.1 Å². The van der Waals surface area contributed by atoms with Gasteiger partial charge in [-0.1, -0.05) is 13.8 Å². The van der Waals surface area contributed by atoms with Crippen LogP contribution in [0.25, 0.3) is 0 Å². The van der Waals surface area contributed by atoms with Gasteiger partial charge in [-0.3, -0.25) is 4.79 Å². The number of carbonyl (C=O) groups is 1. The second kappa shape index (κ2) is 11.2. The van der Waals surface area contributed by atoms with Crippen LogP contribution in [0, 0.1) is 11.8 Å². The van der Waals surface area contributed by atoms with Crippen molar-refractivity contribution < 1.29 is 9.53 Å². The molecule has 0 bridgehead atoms. The molecular formula is C18H35IN4O2. The van der Waals surface area contributed by atoms with Crippen LogP contribution in [0.5, 0.6) is 0 Å². The number of nitrogens with zero attached hydrogens (tertiary/aromatic N) is 3. The summed E-state index contributed by atoms with van der Waals surface area (Å²) in [5.41, 5.74) is 0. The second-order valence-electron chi connectivity index (χ2n) is 7.65. The molecule has 2 saturated heterocycles. The smallest absolute Gasteiger partial charge is 0.243 e. The summed E-state index contributed by atoms with van der Waals surface area (Å²) in [6.45, 7) is 8.39. The van der Waals surface area contributed by atoms with Gasteiger partial charge in [-0.05, 0) is 37.5 Å². The summed E-state index contributed by atoms with van der Waals surface area (Å²) in [7, 11) is 3.54. The van der Waals surface area contributed by atoms with E-state index in [1.54, 1.807) is 19.0 Å². The van der Waals surface area contributed by atoms with Crippen molar-refractivity contribution in [2.45, 2.75) is 45.6 Å². The number of halogens is 1. The van der Waals surface area contributed by atoms with Gasteiger partial charge in [0.25, 0.3) is 0 Å². The van der Waals surface area contributed by atoms with Crippen molar-refractivity contribution in [1.29, 1.82) is 0 Å². The molecule has 2 rings (SSSR count). The van der Waals surface area contributed by atoms with Crippen LogP contribution < -0.4 is 5.32 Å². The molecule has 0 aromatic rings. The first-order chi connectivity index (χ1) is 11.5. The van der Waals surface area contributed by atoms with Crippen molar-refractivity contribution in [3.05, 3.63) is 0 Å². The van der Waals surface area contributed by atoms with Crippen LogP contribution in [0.1, 0.15) is 39.5 Å². The Morgan fingerprint density at radius 2 is 1.92 bits per heavy atom. The summed E-state index contributed by atoms with van der Waals surface area (Å²) in [6.07, 6.45) is 5.01. The lowest BCUT2D eigenvalue weighted by atomic mass is 9.92. The summed E-state index contributed by atoms with van der Waals surface area (Å²) < 4.78 is 5.81. The minimum atomic E-state index is 0. The molecule has 0 aromatic carbocycles. The first kappa shape index (κ1) is 22.5. The van der Waals surface area contributed by atoms with Gasteiger partial charge in [0.15, 0.2) is 5.96 Å². The van der Waals surface area contributed by atoms with E-state index >= 15 is 0 Å². The lowest BCUT2D eigenvalue weighted by Crippen LogP contribution is -2.50. The monoisotopic (exact) mass is 466 g/mol. The fourth-order valence-electron chi connectivity index (χ4n) is 3.56. The van der Waals surface area contributed by atoms with E-state index in [-0.39, 0.29) is 42.5 Å². The highest BCUT2D eigenvalue weighted by molar-refractivity contribution is 14.0. The number of likely N-dealkylation sites (N-methyl/N-ethyl adjacent to an activating group) is 1. The van der Waals surface area contributed by atoms with Gasteiger partial charge in [-0.25, -0.2) is 4.99 Å². The van der Waals surface area contributed by atoms with Crippen molar-refractivity contribution >= 4 is 35.8 Å². The van der Waals surface area contributed by atoms with Gasteiger partial charge in [-0.15, -0.1) is 24.0 Å². The number of hydrogen-bond acceptors (Lipinski definition) is 3. The minimum absolute atomic E-state index is 0. The highest BCUT2D eigenvalue weighted by Crippen LogP contribution is 2.21. The Hall–Kier alpha value is -0.570. The van der Waals surface area contributed by atoms with Crippen LogP contribution in [0.4, 0.5) is 0 Å². The fraction of sp³-hybridized carbons (Fsp3) is 0.889. The molecule has 0 spiro atoms. The average molecular weight is 466 g/mol. The van der Waals surface area contributed by atoms with Gasteiger partial charge in [0, 0.05) is 40.3 Å². The third-order valence-corrected chi connectivity index (χ3v) is 4.79. The molecule has 1 N–H and O–H groups in total. The topological polar surface area (TPSA) is 57.2 Å². The van der Waals surface area contributed by atoms with Crippen LogP contribution >= 0.6 is 24.0 Å². The average Bonchev–Trinajstić information content (AvgIpc) is 2.54. The summed E-state index contributed by atoms with van der Waals surface area (Å²) in [6, 6.07) is 0. The summed E-state index contributed by atoms with van der Waals surface area (Å²) in [5.74, 6) is 2.19. The molecule has 0 aliphatic carbocycles. The first-order valence-corrected chi connectivity index (χ1v) is 9.30. The number of ether oxygens (including phenoxy) is 1. The number of carbonyl (C=O) groups excluding carboxylic acids is 1. The summed E-state index contributed by atoms with van der Waals surface area (Å²) in [4.78, 5) is 20.4. The van der Waals surface area contributed by atoms with E-state index in [4.69, 9.17) is 4.74 Å². The molecule has 6 nitrogen and oxygen atoms in total. The normalized spacial score (nSPS) is 27.4. The molecule has 3 atom stereocenters. The van der Waals surface area contributed by atoms with Crippen molar-refractivity contribution in [1.82, 2.24) is 15.1 Å². The largest absolute Gasteiger partial charge is 0.376 e. The second-order valence-corrected chi connectivity index (χ2v) is 7.65. The molecule has 2 aliphatic rings. The molecule has 2 fully saturated rings. The van der Waals surface area contributed by atoms with Crippen LogP contribution in [0.2, 0.25) is 0 Å². The molecule has 0 radical (unpaired) electrons. The molecule has 2 aliphatic heterocycles. The zero-order chi connectivity index (χ0) is 17.5. The number of rotatable bonds is 4. The van der Waals surface area contributed by atoms with Crippen molar-refractivity contribution in [3.8, 4) is 0 Å². The van der Waals surface area contributed by atoms with Gasteiger partial charge in [0.2, 0.25) is 5.91 Å². The van der Waals surface area contributed by atoms with E-state index in [1.807, 2.05) is 0 Å². The molecule has 7 heteroatoms. The van der Waals surface area contributed by atoms with Crippen LogP contribution in [0.3, 0.4) is 0 Å². The summed E-state index contributed by atoms with van der Waals surface area (Å²) >= 11 is 0. The minimum Gasteiger partial charge on any atom is -0.376 e.